The highest BCUT2D eigenvalue weighted by molar-refractivity contribution is 5.83. The average Bonchev–Trinajstić information content (AvgIpc) is 2.57. The molecule has 0 bridgehead atoms. The minimum absolute atomic E-state index is 0.0196. The molecule has 1 aliphatic rings. The van der Waals surface area contributed by atoms with Crippen molar-refractivity contribution >= 4 is 5.91 Å². The van der Waals surface area contributed by atoms with Crippen LogP contribution in [0.2, 0.25) is 0 Å². The average molecular weight is 226 g/mol. The van der Waals surface area contributed by atoms with Gasteiger partial charge in [0.05, 0.1) is 19.3 Å². The lowest BCUT2D eigenvalue weighted by Crippen LogP contribution is -2.39. The van der Waals surface area contributed by atoms with E-state index in [1.807, 2.05) is 18.7 Å². The summed E-state index contributed by atoms with van der Waals surface area (Å²) in [7, 11) is 0. The van der Waals surface area contributed by atoms with Crippen molar-refractivity contribution < 1.29 is 9.53 Å². The molecule has 92 valence electrons. The van der Waals surface area contributed by atoms with Gasteiger partial charge >= 0.3 is 0 Å². The second-order valence-corrected chi connectivity index (χ2v) is 4.23. The Morgan fingerprint density at radius 2 is 2.44 bits per heavy atom. The summed E-state index contributed by atoms with van der Waals surface area (Å²) in [5.74, 6) is 0.209. The number of rotatable bonds is 7. The number of hydrogen-bond acceptors (Lipinski definition) is 3. The molecule has 1 unspecified atom stereocenters. The van der Waals surface area contributed by atoms with Gasteiger partial charge in [0.15, 0.2) is 0 Å². The number of amides is 1. The summed E-state index contributed by atoms with van der Waals surface area (Å²) < 4.78 is 5.39. The van der Waals surface area contributed by atoms with Gasteiger partial charge in [-0.3, -0.25) is 4.79 Å². The lowest BCUT2D eigenvalue weighted by molar-refractivity contribution is -0.130. The number of hydrogen-bond donors (Lipinski definition) is 1. The van der Waals surface area contributed by atoms with Crippen molar-refractivity contribution in [3.63, 3.8) is 0 Å². The van der Waals surface area contributed by atoms with Crippen LogP contribution in [-0.2, 0) is 9.53 Å². The monoisotopic (exact) mass is 226 g/mol. The van der Waals surface area contributed by atoms with E-state index in [1.54, 1.807) is 0 Å². The molecule has 1 N–H and O–H groups in total. The van der Waals surface area contributed by atoms with Crippen molar-refractivity contribution in [2.24, 2.45) is 0 Å². The molecule has 0 aromatic carbocycles. The zero-order chi connectivity index (χ0) is 12.0. The van der Waals surface area contributed by atoms with Crippen LogP contribution in [-0.4, -0.2) is 49.7 Å². The molecular weight excluding hydrogens is 204 g/mol. The van der Waals surface area contributed by atoms with Gasteiger partial charge in [0, 0.05) is 13.1 Å². The van der Waals surface area contributed by atoms with Crippen LogP contribution in [0.25, 0.3) is 0 Å². The van der Waals surface area contributed by atoms with Crippen molar-refractivity contribution in [1.82, 2.24) is 10.2 Å². The molecule has 0 saturated carbocycles. The third-order valence-corrected chi connectivity index (χ3v) is 2.60. The molecular formula is C12H22N2O2. The maximum atomic E-state index is 11.8. The summed E-state index contributed by atoms with van der Waals surface area (Å²) in [5, 5.41) is 3.19. The summed E-state index contributed by atoms with van der Waals surface area (Å²) in [6.45, 7) is 11.3. The van der Waals surface area contributed by atoms with E-state index in [2.05, 4.69) is 11.9 Å². The maximum absolute atomic E-state index is 11.8. The van der Waals surface area contributed by atoms with Crippen LogP contribution in [0, 0.1) is 0 Å². The van der Waals surface area contributed by atoms with E-state index in [0.717, 1.165) is 25.1 Å². The smallest absolute Gasteiger partial charge is 0.239 e. The zero-order valence-electron chi connectivity index (χ0n) is 10.3. The summed E-state index contributed by atoms with van der Waals surface area (Å²) >= 11 is 0. The number of ether oxygens (including phenoxy) is 1. The van der Waals surface area contributed by atoms with Crippen molar-refractivity contribution in [3.05, 3.63) is 12.2 Å². The SMILES string of the molecule is C=C(C)COCCN1CCC(NCC)C1=O. The maximum Gasteiger partial charge on any atom is 0.239 e. The number of likely N-dealkylation sites (tertiary alicyclic amines) is 1. The van der Waals surface area contributed by atoms with E-state index in [1.165, 1.54) is 0 Å². The van der Waals surface area contributed by atoms with Gasteiger partial charge < -0.3 is 15.0 Å². The first-order valence-electron chi connectivity index (χ1n) is 5.89. The van der Waals surface area contributed by atoms with E-state index < -0.39 is 0 Å². The minimum Gasteiger partial charge on any atom is -0.375 e. The van der Waals surface area contributed by atoms with E-state index in [-0.39, 0.29) is 11.9 Å². The fourth-order valence-electron chi connectivity index (χ4n) is 1.82. The molecule has 0 aromatic rings. The largest absolute Gasteiger partial charge is 0.375 e. The molecule has 1 atom stereocenters. The first-order chi connectivity index (χ1) is 7.65. The predicted octanol–water partition coefficient (Wildman–Crippen LogP) is 0.790. The van der Waals surface area contributed by atoms with E-state index in [0.29, 0.717) is 19.8 Å². The summed E-state index contributed by atoms with van der Waals surface area (Å²) in [6.07, 6.45) is 0.910. The van der Waals surface area contributed by atoms with Gasteiger partial charge in [-0.25, -0.2) is 0 Å². The number of carbonyl (C=O) groups is 1. The molecule has 4 nitrogen and oxygen atoms in total. The Balaban J connectivity index is 2.19. The second kappa shape index (κ2) is 6.66. The molecule has 1 fully saturated rings. The fraction of sp³-hybridized carbons (Fsp3) is 0.750. The van der Waals surface area contributed by atoms with Crippen LogP contribution in [0.5, 0.6) is 0 Å². The second-order valence-electron chi connectivity index (χ2n) is 4.23. The Labute approximate surface area is 97.6 Å². The number of nitrogens with one attached hydrogen (secondary N) is 1. The number of carbonyl (C=O) groups excluding carboxylic acids is 1. The van der Waals surface area contributed by atoms with E-state index in [9.17, 15) is 4.79 Å². The first-order valence-corrected chi connectivity index (χ1v) is 5.89. The Morgan fingerprint density at radius 1 is 1.69 bits per heavy atom. The Bertz CT molecular complexity index is 253. The van der Waals surface area contributed by atoms with Crippen LogP contribution in [0.4, 0.5) is 0 Å². The number of likely N-dealkylation sites (N-methyl/N-ethyl adjacent to an activating group) is 1. The van der Waals surface area contributed by atoms with Gasteiger partial charge in [-0.2, -0.15) is 0 Å². The van der Waals surface area contributed by atoms with Crippen LogP contribution < -0.4 is 5.32 Å². The summed E-state index contributed by atoms with van der Waals surface area (Å²) in [5.41, 5.74) is 1.01. The van der Waals surface area contributed by atoms with Crippen LogP contribution >= 0.6 is 0 Å². The molecule has 16 heavy (non-hydrogen) atoms. The van der Waals surface area contributed by atoms with Gasteiger partial charge in [0.2, 0.25) is 5.91 Å². The molecule has 1 heterocycles. The predicted molar refractivity (Wildman–Crippen MR) is 64.3 cm³/mol. The highest BCUT2D eigenvalue weighted by Crippen LogP contribution is 2.10. The highest BCUT2D eigenvalue weighted by atomic mass is 16.5. The number of nitrogens with zero attached hydrogens (tertiary/aromatic N) is 1. The lowest BCUT2D eigenvalue weighted by Gasteiger charge is -2.16. The highest BCUT2D eigenvalue weighted by Gasteiger charge is 2.30. The van der Waals surface area contributed by atoms with Crippen LogP contribution in [0.15, 0.2) is 12.2 Å². The summed E-state index contributed by atoms with van der Waals surface area (Å²) in [6, 6.07) is 0.0196. The van der Waals surface area contributed by atoms with Crippen LogP contribution in [0.1, 0.15) is 20.3 Å². The molecule has 0 radical (unpaired) electrons. The molecule has 0 aliphatic carbocycles. The quantitative estimate of drug-likeness (QED) is 0.515. The van der Waals surface area contributed by atoms with E-state index in [4.69, 9.17) is 4.74 Å². The third-order valence-electron chi connectivity index (χ3n) is 2.60. The van der Waals surface area contributed by atoms with Crippen molar-refractivity contribution in [3.8, 4) is 0 Å². The fourth-order valence-corrected chi connectivity index (χ4v) is 1.82. The Hall–Kier alpha value is -0.870. The van der Waals surface area contributed by atoms with Crippen LogP contribution in [0.3, 0.4) is 0 Å². The van der Waals surface area contributed by atoms with Gasteiger partial charge in [-0.15, -0.1) is 0 Å². The third kappa shape index (κ3) is 3.94. The molecule has 4 heteroatoms. The lowest BCUT2D eigenvalue weighted by atomic mass is 10.2. The molecule has 1 rings (SSSR count). The van der Waals surface area contributed by atoms with Gasteiger partial charge in [0.25, 0.3) is 0 Å². The van der Waals surface area contributed by atoms with Gasteiger partial charge in [-0.05, 0) is 19.9 Å². The summed E-state index contributed by atoms with van der Waals surface area (Å²) in [4.78, 5) is 13.7. The minimum atomic E-state index is 0.0196. The molecule has 1 aliphatic heterocycles. The van der Waals surface area contributed by atoms with E-state index >= 15 is 0 Å². The normalized spacial score (nSPS) is 20.5. The molecule has 1 saturated heterocycles. The van der Waals surface area contributed by atoms with Gasteiger partial charge in [0.1, 0.15) is 0 Å². The van der Waals surface area contributed by atoms with Crippen molar-refractivity contribution in [2.75, 3.05) is 32.8 Å². The first kappa shape index (κ1) is 13.2. The standard InChI is InChI=1S/C12H22N2O2/c1-4-13-11-5-6-14(12(11)15)7-8-16-9-10(2)3/h11,13H,2,4-9H2,1,3H3. The van der Waals surface area contributed by atoms with Crippen molar-refractivity contribution in [1.29, 1.82) is 0 Å². The Kier molecular flexibility index (Phi) is 5.49. The van der Waals surface area contributed by atoms with Crippen molar-refractivity contribution in [2.45, 2.75) is 26.3 Å². The topological polar surface area (TPSA) is 41.6 Å². The molecule has 0 spiro atoms. The molecule has 1 amide bonds. The van der Waals surface area contributed by atoms with Gasteiger partial charge in [-0.1, -0.05) is 19.1 Å². The Morgan fingerprint density at radius 3 is 3.06 bits per heavy atom. The zero-order valence-corrected chi connectivity index (χ0v) is 10.3. The molecule has 0 aromatic heterocycles.